The van der Waals surface area contributed by atoms with Gasteiger partial charge < -0.3 is 9.47 Å². The van der Waals surface area contributed by atoms with Gasteiger partial charge >= 0.3 is 0 Å². The Kier molecular flexibility index (Phi) is 8.47. The highest BCUT2D eigenvalue weighted by Crippen LogP contribution is 2.56. The van der Waals surface area contributed by atoms with Crippen molar-refractivity contribution in [2.45, 2.75) is 5.41 Å². The highest BCUT2D eigenvalue weighted by atomic mass is 15.1. The fourth-order valence-electron chi connectivity index (χ4n) is 11.0. The first-order valence-electron chi connectivity index (χ1n) is 22.5. The number of fused-ring (bicyclic) bond motifs is 8. The van der Waals surface area contributed by atoms with Crippen LogP contribution >= 0.6 is 0 Å². The second-order valence-corrected chi connectivity index (χ2v) is 17.3. The second kappa shape index (κ2) is 14.8. The molecule has 0 unspecified atom stereocenters. The van der Waals surface area contributed by atoms with Crippen LogP contribution in [-0.2, 0) is 5.41 Å². The Balaban J connectivity index is 0.932. The molecule has 0 atom stereocenters. The highest BCUT2D eigenvalue weighted by molar-refractivity contribution is 6.11. The van der Waals surface area contributed by atoms with Gasteiger partial charge in [0.05, 0.1) is 22.1 Å². The van der Waals surface area contributed by atoms with Crippen molar-refractivity contribution >= 4 is 60.4 Å². The maximum absolute atomic E-state index is 2.47. The van der Waals surface area contributed by atoms with Crippen LogP contribution in [0.2, 0.25) is 0 Å². The van der Waals surface area contributed by atoms with Crippen molar-refractivity contribution in [2.75, 3.05) is 4.90 Å². The normalized spacial score (nSPS) is 12.7. The molecule has 1 aliphatic rings. The molecule has 0 amide bonds. The van der Waals surface area contributed by atoms with Gasteiger partial charge in [-0.15, -0.1) is 0 Å². The first-order valence-corrected chi connectivity index (χ1v) is 22.5. The van der Waals surface area contributed by atoms with Crippen LogP contribution in [0.1, 0.15) is 22.3 Å². The summed E-state index contributed by atoms with van der Waals surface area (Å²) in [5.41, 5.74) is 16.6. The number of para-hydroxylation sites is 2. The van der Waals surface area contributed by atoms with Gasteiger partial charge in [-0.1, -0.05) is 188 Å². The fraction of sp³-hybridized carbons (Fsp3) is 0.0159. The number of nitrogens with zero attached hydrogens (tertiary/aromatic N) is 2. The van der Waals surface area contributed by atoms with Crippen LogP contribution < -0.4 is 4.90 Å². The van der Waals surface area contributed by atoms with Crippen LogP contribution in [0.15, 0.2) is 255 Å². The van der Waals surface area contributed by atoms with E-state index in [1.54, 1.807) is 0 Å². The van der Waals surface area contributed by atoms with E-state index >= 15 is 0 Å². The van der Waals surface area contributed by atoms with E-state index in [4.69, 9.17) is 0 Å². The lowest BCUT2D eigenvalue weighted by Gasteiger charge is -2.34. The van der Waals surface area contributed by atoms with E-state index in [9.17, 15) is 0 Å². The summed E-state index contributed by atoms with van der Waals surface area (Å²) in [6.07, 6.45) is 0. The zero-order valence-corrected chi connectivity index (χ0v) is 35.6. The number of benzene rings is 11. The molecule has 0 fully saturated rings. The van der Waals surface area contributed by atoms with Crippen molar-refractivity contribution < 1.29 is 0 Å². The fourth-order valence-corrected chi connectivity index (χ4v) is 11.0. The zero-order valence-electron chi connectivity index (χ0n) is 35.6. The summed E-state index contributed by atoms with van der Waals surface area (Å²) < 4.78 is 2.47. The van der Waals surface area contributed by atoms with E-state index in [1.165, 1.54) is 87.9 Å². The number of rotatable bonds is 7. The van der Waals surface area contributed by atoms with Gasteiger partial charge in [0, 0.05) is 33.2 Å². The van der Waals surface area contributed by atoms with Crippen molar-refractivity contribution in [3.63, 3.8) is 0 Å². The number of aromatic nitrogens is 1. The van der Waals surface area contributed by atoms with Crippen LogP contribution in [-0.4, -0.2) is 4.57 Å². The van der Waals surface area contributed by atoms with E-state index in [2.05, 4.69) is 264 Å². The largest absolute Gasteiger partial charge is 0.310 e. The molecule has 1 aromatic heterocycles. The molecule has 1 aliphatic carbocycles. The Morgan fingerprint density at radius 1 is 0.323 bits per heavy atom. The molecule has 1 heterocycles. The molecule has 0 saturated heterocycles. The van der Waals surface area contributed by atoms with Gasteiger partial charge in [-0.2, -0.15) is 0 Å². The highest BCUT2D eigenvalue weighted by Gasteiger charge is 2.46. The topological polar surface area (TPSA) is 8.17 Å². The minimum Gasteiger partial charge on any atom is -0.310 e. The molecule has 11 aromatic carbocycles. The molecular formula is C63H42N2. The number of hydrogen-bond donors (Lipinski definition) is 0. The molecule has 65 heavy (non-hydrogen) atoms. The summed E-state index contributed by atoms with van der Waals surface area (Å²) in [5.74, 6) is 0. The third-order valence-corrected chi connectivity index (χ3v) is 13.8. The lowest BCUT2D eigenvalue weighted by Crippen LogP contribution is -2.28. The lowest BCUT2D eigenvalue weighted by molar-refractivity contribution is 0.767. The first kappa shape index (κ1) is 37.1. The van der Waals surface area contributed by atoms with Crippen LogP contribution in [0.5, 0.6) is 0 Å². The molecule has 304 valence electrons. The van der Waals surface area contributed by atoms with Crippen molar-refractivity contribution in [2.24, 2.45) is 0 Å². The SMILES string of the molecule is c1ccc(N(c2ccc3cc(-c4ccc5c(c4)c4ccccc4n5-c4ccc5c(c4)C(c4ccccc4)(c4ccccc4)c4ccccc4-5)ccc3c2)c2cccc3ccccc23)cc1. The minimum absolute atomic E-state index is 0.469. The molecule has 0 bridgehead atoms. The minimum atomic E-state index is -0.469. The smallest absolute Gasteiger partial charge is 0.0714 e. The molecule has 0 aliphatic heterocycles. The summed E-state index contributed by atoms with van der Waals surface area (Å²) in [7, 11) is 0. The van der Waals surface area contributed by atoms with E-state index in [0.29, 0.717) is 0 Å². The van der Waals surface area contributed by atoms with Gasteiger partial charge in [0.15, 0.2) is 0 Å². The maximum Gasteiger partial charge on any atom is 0.0714 e. The van der Waals surface area contributed by atoms with Gasteiger partial charge in [-0.25, -0.2) is 0 Å². The summed E-state index contributed by atoms with van der Waals surface area (Å²) in [5, 5.41) is 7.34. The van der Waals surface area contributed by atoms with E-state index in [-0.39, 0.29) is 0 Å². The zero-order chi connectivity index (χ0) is 42.9. The maximum atomic E-state index is 2.47. The molecule has 0 N–H and O–H groups in total. The number of hydrogen-bond acceptors (Lipinski definition) is 1. The average Bonchev–Trinajstić information content (AvgIpc) is 3.87. The molecule has 13 rings (SSSR count). The predicted octanol–water partition coefficient (Wildman–Crippen LogP) is 16.6. The molecule has 12 aromatic rings. The van der Waals surface area contributed by atoms with Gasteiger partial charge in [0.25, 0.3) is 0 Å². The van der Waals surface area contributed by atoms with E-state index < -0.39 is 5.41 Å². The van der Waals surface area contributed by atoms with Gasteiger partial charge in [0.1, 0.15) is 0 Å². The van der Waals surface area contributed by atoms with E-state index in [0.717, 1.165) is 22.7 Å². The Morgan fingerprint density at radius 2 is 0.923 bits per heavy atom. The number of anilines is 3. The van der Waals surface area contributed by atoms with Crippen LogP contribution in [0.3, 0.4) is 0 Å². The van der Waals surface area contributed by atoms with Crippen molar-refractivity contribution in [1.29, 1.82) is 0 Å². The molecule has 0 radical (unpaired) electrons. The molecule has 0 saturated carbocycles. The van der Waals surface area contributed by atoms with Gasteiger partial charge in [0.2, 0.25) is 0 Å². The van der Waals surface area contributed by atoms with Crippen LogP contribution in [0, 0.1) is 0 Å². The molecule has 2 nitrogen and oxygen atoms in total. The Morgan fingerprint density at radius 3 is 1.74 bits per heavy atom. The van der Waals surface area contributed by atoms with Crippen LogP contribution in [0.4, 0.5) is 17.1 Å². The average molecular weight is 827 g/mol. The van der Waals surface area contributed by atoms with Gasteiger partial charge in [-0.3, -0.25) is 0 Å². The lowest BCUT2D eigenvalue weighted by atomic mass is 9.67. The standard InChI is InChI=1S/C63H42N2/c1-4-19-48(20-5-1)63(49-21-6-2-7-22-49)58-28-14-12-26-54(58)55-37-36-52(42-59(55)63)65-61-29-15-13-27-56(61)57-41-47(34-38-62(57)65)44-31-32-46-40-51(35-33-45(46)39-44)64(50-23-8-3-9-24-50)60-30-16-18-43-17-10-11-25-53(43)60/h1-42H. The monoisotopic (exact) mass is 826 g/mol. The molecule has 2 heteroatoms. The second-order valence-electron chi connectivity index (χ2n) is 17.3. The van der Waals surface area contributed by atoms with Gasteiger partial charge in [-0.05, 0) is 127 Å². The summed E-state index contributed by atoms with van der Waals surface area (Å²) in [6.45, 7) is 0. The first-order chi connectivity index (χ1) is 32.2. The van der Waals surface area contributed by atoms with Crippen molar-refractivity contribution in [3.8, 4) is 27.9 Å². The molecule has 0 spiro atoms. The van der Waals surface area contributed by atoms with Crippen molar-refractivity contribution in [3.05, 3.63) is 277 Å². The summed E-state index contributed by atoms with van der Waals surface area (Å²) in [4.78, 5) is 2.38. The van der Waals surface area contributed by atoms with Crippen LogP contribution in [0.25, 0.3) is 71.3 Å². The summed E-state index contributed by atoms with van der Waals surface area (Å²) >= 11 is 0. The third kappa shape index (κ3) is 5.74. The Hall–Kier alpha value is -8.46. The summed E-state index contributed by atoms with van der Waals surface area (Å²) in [6, 6.07) is 93.8. The Labute approximate surface area is 378 Å². The quantitative estimate of drug-likeness (QED) is 0.155. The van der Waals surface area contributed by atoms with E-state index in [1.807, 2.05) is 0 Å². The molecular weight excluding hydrogens is 785 g/mol. The predicted molar refractivity (Wildman–Crippen MR) is 273 cm³/mol. The third-order valence-electron chi connectivity index (χ3n) is 13.8. The van der Waals surface area contributed by atoms with Crippen molar-refractivity contribution in [1.82, 2.24) is 4.57 Å². The Bertz CT molecular complexity index is 3730.